The fourth-order valence-electron chi connectivity index (χ4n) is 5.05. The molecule has 2 aromatic carbocycles. The van der Waals surface area contributed by atoms with Crippen molar-refractivity contribution in [2.45, 2.75) is 58.3 Å². The molecule has 1 N–H and O–H groups in total. The molecule has 1 aliphatic rings. The minimum Gasteiger partial charge on any atom is -0.459 e. The molecule has 5 aromatic rings. The number of carbonyl (C=O) groups is 2. The fraction of sp³-hybridized carbons (Fsp3) is 0.312. The molecule has 11 heteroatoms. The van der Waals surface area contributed by atoms with E-state index in [9.17, 15) is 9.59 Å². The number of H-pyrrole nitrogens is 1. The number of hydrogen-bond acceptors (Lipinski definition) is 9. The topological polar surface area (TPSA) is 134 Å². The monoisotopic (exact) mass is 580 g/mol. The lowest BCUT2D eigenvalue weighted by Gasteiger charge is -2.19. The van der Waals surface area contributed by atoms with E-state index in [-0.39, 0.29) is 18.9 Å². The Balaban J connectivity index is 1.29. The molecule has 0 spiro atoms. The number of imidazole rings is 2. The van der Waals surface area contributed by atoms with E-state index >= 15 is 0 Å². The van der Waals surface area contributed by atoms with Gasteiger partial charge in [0.2, 0.25) is 0 Å². The predicted octanol–water partition coefficient (Wildman–Crippen LogP) is 5.19. The first-order valence-electron chi connectivity index (χ1n) is 14.2. The Bertz CT molecular complexity index is 1760. The molecular weight excluding hydrogens is 548 g/mol. The van der Waals surface area contributed by atoms with Crippen LogP contribution in [0.2, 0.25) is 0 Å². The third-order valence-electron chi connectivity index (χ3n) is 7.40. The van der Waals surface area contributed by atoms with Crippen molar-refractivity contribution in [1.29, 1.82) is 0 Å². The van der Waals surface area contributed by atoms with Gasteiger partial charge < -0.3 is 19.2 Å². The number of aromatic amines is 1. The van der Waals surface area contributed by atoms with Crippen molar-refractivity contribution in [2.24, 2.45) is 0 Å². The van der Waals surface area contributed by atoms with Crippen LogP contribution in [0.4, 0.5) is 0 Å². The highest BCUT2D eigenvalue weighted by molar-refractivity contribution is 5.90. The van der Waals surface area contributed by atoms with Crippen LogP contribution >= 0.6 is 0 Å². The summed E-state index contributed by atoms with van der Waals surface area (Å²) < 4.78 is 19.8. The maximum atomic E-state index is 13.1. The number of carbonyl (C=O) groups excluding carboxylic acids is 2. The average Bonchev–Trinajstić information content (AvgIpc) is 3.76. The fourth-order valence-corrected chi connectivity index (χ4v) is 5.05. The van der Waals surface area contributed by atoms with Crippen LogP contribution in [0.3, 0.4) is 0 Å². The molecule has 4 heterocycles. The van der Waals surface area contributed by atoms with E-state index in [4.69, 9.17) is 19.2 Å². The number of aromatic nitrogens is 6. The summed E-state index contributed by atoms with van der Waals surface area (Å²) >= 11 is 0. The minimum absolute atomic E-state index is 0.119. The van der Waals surface area contributed by atoms with Crippen LogP contribution < -0.4 is 0 Å². The van der Waals surface area contributed by atoms with Crippen LogP contribution in [0.25, 0.3) is 17.0 Å². The largest absolute Gasteiger partial charge is 0.459 e. The van der Waals surface area contributed by atoms with Gasteiger partial charge in [-0.25, -0.2) is 29.5 Å². The number of fused-ring (bicyclic) bond motifs is 1. The first-order chi connectivity index (χ1) is 20.8. The Hall–Kier alpha value is -4.90. The quantitative estimate of drug-likeness (QED) is 0.246. The van der Waals surface area contributed by atoms with Gasteiger partial charge in [-0.05, 0) is 38.1 Å². The maximum absolute atomic E-state index is 13.1. The van der Waals surface area contributed by atoms with Gasteiger partial charge in [-0.2, -0.15) is 0 Å². The summed E-state index contributed by atoms with van der Waals surface area (Å²) in [4.78, 5) is 47.4. The van der Waals surface area contributed by atoms with Crippen LogP contribution in [-0.4, -0.2) is 60.2 Å². The van der Waals surface area contributed by atoms with Crippen LogP contribution in [0.5, 0.6) is 0 Å². The molecule has 1 aliphatic heterocycles. The van der Waals surface area contributed by atoms with Gasteiger partial charge in [-0.3, -0.25) is 4.57 Å². The number of nitrogens with one attached hydrogen (secondary N) is 1. The highest BCUT2D eigenvalue weighted by Crippen LogP contribution is 2.35. The first-order valence-corrected chi connectivity index (χ1v) is 14.2. The third-order valence-corrected chi connectivity index (χ3v) is 7.40. The van der Waals surface area contributed by atoms with Gasteiger partial charge in [0.25, 0.3) is 0 Å². The molecule has 0 radical (unpaired) electrons. The molecule has 0 bridgehead atoms. The smallest absolute Gasteiger partial charge is 0.338 e. The van der Waals surface area contributed by atoms with Crippen LogP contribution in [0.1, 0.15) is 75.8 Å². The van der Waals surface area contributed by atoms with Crippen LogP contribution in [-0.2, 0) is 14.2 Å². The number of hydrogen-bond donors (Lipinski definition) is 1. The Morgan fingerprint density at radius 1 is 0.977 bits per heavy atom. The second-order valence-corrected chi connectivity index (χ2v) is 11.0. The minimum atomic E-state index is -0.741. The molecule has 3 aromatic heterocycles. The van der Waals surface area contributed by atoms with Gasteiger partial charge in [0.1, 0.15) is 36.3 Å². The Kier molecular flexibility index (Phi) is 7.73. The highest BCUT2D eigenvalue weighted by Gasteiger charge is 2.41. The zero-order chi connectivity index (χ0) is 30.1. The Labute approximate surface area is 248 Å². The SMILES string of the molecule is Cc1ccc(C(=O)OC[C@H]2O[C@@H](c3nc(-n4ccnc4C(C)C)c4[nH]cnc4n3)C[C@@H]2OC(=O)c2ccc(C)cc2)cc1. The van der Waals surface area contributed by atoms with Crippen molar-refractivity contribution in [2.75, 3.05) is 6.61 Å². The van der Waals surface area contributed by atoms with E-state index in [0.717, 1.165) is 17.0 Å². The number of nitrogens with zero attached hydrogens (tertiary/aromatic N) is 5. The molecule has 0 amide bonds. The number of ether oxygens (including phenoxy) is 3. The van der Waals surface area contributed by atoms with Gasteiger partial charge in [0, 0.05) is 24.7 Å². The second kappa shape index (κ2) is 11.8. The molecule has 0 aliphatic carbocycles. The summed E-state index contributed by atoms with van der Waals surface area (Å²) in [6.45, 7) is 7.88. The Morgan fingerprint density at radius 2 is 1.65 bits per heavy atom. The van der Waals surface area contributed by atoms with E-state index in [1.54, 1.807) is 36.8 Å². The lowest BCUT2D eigenvalue weighted by Crippen LogP contribution is -2.32. The number of benzene rings is 2. The van der Waals surface area contributed by atoms with Crippen molar-refractivity contribution in [3.63, 3.8) is 0 Å². The zero-order valence-electron chi connectivity index (χ0n) is 24.4. The summed E-state index contributed by atoms with van der Waals surface area (Å²) in [7, 11) is 0. The van der Waals surface area contributed by atoms with Crippen molar-refractivity contribution in [3.05, 3.63) is 101 Å². The molecule has 0 unspecified atom stereocenters. The number of rotatable bonds is 8. The van der Waals surface area contributed by atoms with Gasteiger partial charge in [-0.1, -0.05) is 49.2 Å². The van der Waals surface area contributed by atoms with Crippen molar-refractivity contribution < 1.29 is 23.8 Å². The van der Waals surface area contributed by atoms with E-state index in [1.165, 1.54) is 0 Å². The lowest BCUT2D eigenvalue weighted by atomic mass is 10.1. The van der Waals surface area contributed by atoms with Crippen molar-refractivity contribution in [3.8, 4) is 5.82 Å². The summed E-state index contributed by atoms with van der Waals surface area (Å²) in [5.74, 6) is 0.958. The Morgan fingerprint density at radius 3 is 2.33 bits per heavy atom. The second-order valence-electron chi connectivity index (χ2n) is 11.0. The van der Waals surface area contributed by atoms with E-state index < -0.39 is 30.3 Å². The molecule has 220 valence electrons. The summed E-state index contributed by atoms with van der Waals surface area (Å²) in [6, 6.07) is 14.2. The number of esters is 2. The molecular formula is C32H32N6O5. The van der Waals surface area contributed by atoms with E-state index in [1.807, 2.05) is 48.9 Å². The van der Waals surface area contributed by atoms with Gasteiger partial charge >= 0.3 is 11.9 Å². The average molecular weight is 581 g/mol. The maximum Gasteiger partial charge on any atom is 0.338 e. The summed E-state index contributed by atoms with van der Waals surface area (Å²) in [6.07, 6.45) is 3.29. The highest BCUT2D eigenvalue weighted by atomic mass is 16.6. The van der Waals surface area contributed by atoms with E-state index in [2.05, 4.69) is 33.8 Å². The van der Waals surface area contributed by atoms with Gasteiger partial charge in [-0.15, -0.1) is 0 Å². The van der Waals surface area contributed by atoms with Gasteiger partial charge in [0.15, 0.2) is 17.3 Å². The van der Waals surface area contributed by atoms with Crippen molar-refractivity contribution >= 4 is 23.1 Å². The summed E-state index contributed by atoms with van der Waals surface area (Å²) in [5.41, 5.74) is 4.03. The molecule has 3 atom stereocenters. The zero-order valence-corrected chi connectivity index (χ0v) is 24.4. The summed E-state index contributed by atoms with van der Waals surface area (Å²) in [5, 5.41) is 0. The molecule has 43 heavy (non-hydrogen) atoms. The van der Waals surface area contributed by atoms with Crippen molar-refractivity contribution in [1.82, 2.24) is 29.5 Å². The van der Waals surface area contributed by atoms with Crippen LogP contribution in [0.15, 0.2) is 67.3 Å². The molecule has 1 saturated heterocycles. The number of aryl methyl sites for hydroxylation is 2. The molecule has 6 rings (SSSR count). The normalized spacial score (nSPS) is 18.3. The van der Waals surface area contributed by atoms with Gasteiger partial charge in [0.05, 0.1) is 17.5 Å². The van der Waals surface area contributed by atoms with Crippen LogP contribution in [0, 0.1) is 13.8 Å². The van der Waals surface area contributed by atoms with E-state index in [0.29, 0.717) is 33.9 Å². The predicted molar refractivity (Wildman–Crippen MR) is 157 cm³/mol. The molecule has 1 fully saturated rings. The lowest BCUT2D eigenvalue weighted by molar-refractivity contribution is -0.0439. The molecule has 0 saturated carbocycles. The first kappa shape index (κ1) is 28.2. The molecule has 11 nitrogen and oxygen atoms in total. The third kappa shape index (κ3) is 5.89. The standard InChI is InChI=1S/C32H32N6O5/c1-18(2)29-33-13-14-38(29)30-26-28(35-17-34-26)36-27(37-30)24-15-23(43-32(40)22-11-7-20(4)8-12-22)25(42-24)16-41-31(39)21-9-5-19(3)6-10-21/h5-14,17-18,23-25H,15-16H2,1-4H3,(H,34,35,36,37)/t23-,24+,25+/m0/s1.